The zero-order valence-corrected chi connectivity index (χ0v) is 6.33. The standard InChI is InChI=1S/C5H5N.C3H3NO2/c2*1-2-4-6-5-3-1/h1-5H;1-3H. The SMILES string of the molecule is C1=COON=C1.c1ccncc1. The molecule has 2 heterocycles. The van der Waals surface area contributed by atoms with E-state index in [0.717, 1.165) is 0 Å². The fourth-order valence-electron chi connectivity index (χ4n) is 0.489. The Morgan fingerprint density at radius 1 is 1.00 bits per heavy atom. The van der Waals surface area contributed by atoms with Crippen molar-refractivity contribution in [1.82, 2.24) is 4.98 Å². The third-order valence-corrected chi connectivity index (χ3v) is 0.934. The van der Waals surface area contributed by atoms with Crippen molar-refractivity contribution in [2.24, 2.45) is 5.16 Å². The summed E-state index contributed by atoms with van der Waals surface area (Å²) in [5.41, 5.74) is 0. The number of aromatic nitrogens is 1. The van der Waals surface area contributed by atoms with Crippen LogP contribution in [0.15, 0.2) is 48.1 Å². The van der Waals surface area contributed by atoms with Gasteiger partial charge in [0.1, 0.15) is 6.26 Å². The predicted molar refractivity (Wildman–Crippen MR) is 44.0 cm³/mol. The van der Waals surface area contributed by atoms with Crippen LogP contribution in [0.4, 0.5) is 0 Å². The van der Waals surface area contributed by atoms with Crippen molar-refractivity contribution in [2.75, 3.05) is 0 Å². The van der Waals surface area contributed by atoms with E-state index in [1.54, 1.807) is 18.5 Å². The first kappa shape index (κ1) is 8.26. The van der Waals surface area contributed by atoms with Crippen LogP contribution >= 0.6 is 0 Å². The van der Waals surface area contributed by atoms with Crippen LogP contribution in [0.1, 0.15) is 0 Å². The number of hydrogen-bond donors (Lipinski definition) is 0. The highest BCUT2D eigenvalue weighted by Gasteiger charge is 1.77. The van der Waals surface area contributed by atoms with Gasteiger partial charge >= 0.3 is 0 Å². The van der Waals surface area contributed by atoms with Crippen LogP contribution in [-0.2, 0) is 9.88 Å². The van der Waals surface area contributed by atoms with Crippen LogP contribution in [0.3, 0.4) is 0 Å². The first-order valence-corrected chi connectivity index (χ1v) is 3.36. The highest BCUT2D eigenvalue weighted by atomic mass is 17.3. The number of allylic oxidation sites excluding steroid dienone is 1. The molecule has 0 spiro atoms. The lowest BCUT2D eigenvalue weighted by atomic mass is 10.5. The maximum atomic E-state index is 4.19. The molecule has 4 heteroatoms. The molecule has 1 aromatic rings. The van der Waals surface area contributed by atoms with Gasteiger partial charge in [-0.3, -0.25) is 9.87 Å². The van der Waals surface area contributed by atoms with E-state index >= 15 is 0 Å². The molecule has 0 bridgehead atoms. The molecule has 1 aliphatic rings. The quantitative estimate of drug-likeness (QED) is 0.546. The molecule has 62 valence electrons. The minimum absolute atomic E-state index is 1.40. The number of oxime groups is 1. The van der Waals surface area contributed by atoms with Crippen LogP contribution in [0, 0.1) is 0 Å². The molecular formula is C8H8N2O2. The summed E-state index contributed by atoms with van der Waals surface area (Å²) in [4.78, 5) is 12.0. The van der Waals surface area contributed by atoms with Crippen LogP contribution in [0.5, 0.6) is 0 Å². The van der Waals surface area contributed by atoms with Crippen molar-refractivity contribution in [3.05, 3.63) is 42.9 Å². The van der Waals surface area contributed by atoms with Gasteiger partial charge in [-0.25, -0.2) is 0 Å². The molecular weight excluding hydrogens is 156 g/mol. The van der Waals surface area contributed by atoms with Crippen LogP contribution in [0.2, 0.25) is 0 Å². The maximum absolute atomic E-state index is 4.19. The van der Waals surface area contributed by atoms with E-state index in [9.17, 15) is 0 Å². The molecule has 2 rings (SSSR count). The molecule has 0 radical (unpaired) electrons. The molecule has 0 unspecified atom stereocenters. The Morgan fingerprint density at radius 3 is 2.00 bits per heavy atom. The average Bonchev–Trinajstić information content (AvgIpc) is 2.24. The smallest absolute Gasteiger partial charge is 0.147 e. The Kier molecular flexibility index (Phi) is 4.07. The lowest BCUT2D eigenvalue weighted by Gasteiger charge is -1.92. The number of nitrogens with zero attached hydrogens (tertiary/aromatic N) is 2. The molecule has 0 atom stereocenters. The molecule has 0 fully saturated rings. The van der Waals surface area contributed by atoms with Gasteiger partial charge < -0.3 is 0 Å². The van der Waals surface area contributed by atoms with Gasteiger partial charge in [0, 0.05) is 12.4 Å². The van der Waals surface area contributed by atoms with Crippen molar-refractivity contribution in [2.45, 2.75) is 0 Å². The normalized spacial score (nSPS) is 12.0. The van der Waals surface area contributed by atoms with Crippen LogP contribution in [-0.4, -0.2) is 11.2 Å². The first-order chi connectivity index (χ1) is 6.00. The Hall–Kier alpha value is -1.84. The van der Waals surface area contributed by atoms with Crippen molar-refractivity contribution >= 4 is 6.21 Å². The maximum Gasteiger partial charge on any atom is 0.147 e. The van der Waals surface area contributed by atoms with Gasteiger partial charge in [0.15, 0.2) is 0 Å². The van der Waals surface area contributed by atoms with Gasteiger partial charge in [-0.05, 0) is 23.4 Å². The van der Waals surface area contributed by atoms with Gasteiger partial charge in [0.25, 0.3) is 0 Å². The van der Waals surface area contributed by atoms with Crippen LogP contribution < -0.4 is 0 Å². The number of rotatable bonds is 0. The zero-order valence-electron chi connectivity index (χ0n) is 6.33. The fraction of sp³-hybridized carbons (Fsp3) is 0. The predicted octanol–water partition coefficient (Wildman–Crippen LogP) is 1.53. The van der Waals surface area contributed by atoms with Crippen molar-refractivity contribution in [3.63, 3.8) is 0 Å². The summed E-state index contributed by atoms with van der Waals surface area (Å²) in [7, 11) is 0. The van der Waals surface area contributed by atoms with Gasteiger partial charge in [-0.1, -0.05) is 6.07 Å². The van der Waals surface area contributed by atoms with Crippen molar-refractivity contribution in [3.8, 4) is 0 Å². The second kappa shape index (κ2) is 5.91. The molecule has 0 aliphatic carbocycles. The van der Waals surface area contributed by atoms with Crippen molar-refractivity contribution in [1.29, 1.82) is 0 Å². The Balaban J connectivity index is 0.000000120. The van der Waals surface area contributed by atoms with Gasteiger partial charge in [0.2, 0.25) is 0 Å². The van der Waals surface area contributed by atoms with E-state index in [-0.39, 0.29) is 0 Å². The largest absolute Gasteiger partial charge is 0.275 e. The second-order valence-electron chi connectivity index (χ2n) is 1.78. The summed E-state index contributed by atoms with van der Waals surface area (Å²) in [5, 5.41) is 3.24. The lowest BCUT2D eigenvalue weighted by Crippen LogP contribution is -1.82. The molecule has 4 nitrogen and oxygen atoms in total. The average molecular weight is 164 g/mol. The highest BCUT2D eigenvalue weighted by Crippen LogP contribution is 1.84. The topological polar surface area (TPSA) is 43.7 Å². The Bertz CT molecular complexity index is 208. The summed E-state index contributed by atoms with van der Waals surface area (Å²) in [6.45, 7) is 0. The summed E-state index contributed by atoms with van der Waals surface area (Å²) >= 11 is 0. The van der Waals surface area contributed by atoms with E-state index in [0.29, 0.717) is 0 Å². The molecule has 1 aromatic heterocycles. The summed E-state index contributed by atoms with van der Waals surface area (Å²) in [6.07, 6.45) is 8.01. The third kappa shape index (κ3) is 4.05. The number of hydrogen-bond acceptors (Lipinski definition) is 4. The Labute approximate surface area is 70.1 Å². The molecule has 0 aromatic carbocycles. The van der Waals surface area contributed by atoms with E-state index in [2.05, 4.69) is 20.0 Å². The third-order valence-electron chi connectivity index (χ3n) is 0.934. The van der Waals surface area contributed by atoms with Gasteiger partial charge in [-0.2, -0.15) is 4.99 Å². The Morgan fingerprint density at radius 2 is 1.83 bits per heavy atom. The molecule has 0 amide bonds. The molecule has 0 N–H and O–H groups in total. The van der Waals surface area contributed by atoms with E-state index in [1.807, 2.05) is 18.2 Å². The number of pyridine rings is 1. The highest BCUT2D eigenvalue weighted by molar-refractivity contribution is 5.70. The van der Waals surface area contributed by atoms with E-state index < -0.39 is 0 Å². The lowest BCUT2D eigenvalue weighted by molar-refractivity contribution is -0.251. The molecule has 12 heavy (non-hydrogen) atoms. The second-order valence-corrected chi connectivity index (χ2v) is 1.78. The summed E-state index contributed by atoms with van der Waals surface area (Å²) in [6, 6.07) is 5.72. The summed E-state index contributed by atoms with van der Waals surface area (Å²) in [5.74, 6) is 0. The van der Waals surface area contributed by atoms with E-state index in [1.165, 1.54) is 12.5 Å². The first-order valence-electron chi connectivity index (χ1n) is 3.36. The monoisotopic (exact) mass is 164 g/mol. The molecule has 0 saturated carbocycles. The minimum atomic E-state index is 1.40. The molecule has 1 aliphatic heterocycles. The van der Waals surface area contributed by atoms with Crippen LogP contribution in [0.25, 0.3) is 0 Å². The van der Waals surface area contributed by atoms with Gasteiger partial charge in [0.05, 0.1) is 6.21 Å². The minimum Gasteiger partial charge on any atom is -0.275 e. The van der Waals surface area contributed by atoms with Crippen molar-refractivity contribution < 1.29 is 9.88 Å². The fourth-order valence-corrected chi connectivity index (χ4v) is 0.489. The summed E-state index contributed by atoms with van der Waals surface area (Å²) < 4.78 is 0. The zero-order chi connectivity index (χ0) is 8.49. The van der Waals surface area contributed by atoms with E-state index in [4.69, 9.17) is 0 Å². The molecule has 0 saturated heterocycles. The van der Waals surface area contributed by atoms with Gasteiger partial charge in [-0.15, -0.1) is 0 Å².